The average molecular weight is 342 g/mol. The highest BCUT2D eigenvalue weighted by molar-refractivity contribution is 5.75. The van der Waals surface area contributed by atoms with Gasteiger partial charge in [-0.15, -0.1) is 0 Å². The Balaban J connectivity index is 1.62. The first-order valence-corrected chi connectivity index (χ1v) is 8.85. The van der Waals surface area contributed by atoms with Crippen LogP contribution in [0.2, 0.25) is 0 Å². The zero-order chi connectivity index (χ0) is 17.8. The first-order valence-electron chi connectivity index (χ1n) is 8.85. The molecule has 0 bridgehead atoms. The van der Waals surface area contributed by atoms with E-state index in [-0.39, 0.29) is 0 Å². The minimum absolute atomic E-state index is 0.572. The number of aromatic nitrogens is 2. The van der Waals surface area contributed by atoms with Crippen LogP contribution in [0.3, 0.4) is 0 Å². The molecule has 2 N–H and O–H groups in total. The van der Waals surface area contributed by atoms with E-state index in [1.807, 2.05) is 37.4 Å². The first-order chi connectivity index (χ1) is 12.1. The van der Waals surface area contributed by atoms with Gasteiger partial charge in [-0.3, -0.25) is 14.6 Å². The van der Waals surface area contributed by atoms with Crippen LogP contribution in [0.4, 0.5) is 0 Å². The predicted octanol–water partition coefficient (Wildman–Crippen LogP) is 2.22. The number of nitrogens with zero attached hydrogens (tertiary/aromatic N) is 3. The molecule has 0 aliphatic carbocycles. The summed E-state index contributed by atoms with van der Waals surface area (Å²) in [7, 11) is 0. The van der Waals surface area contributed by atoms with Crippen LogP contribution in [-0.2, 0) is 17.8 Å². The quantitative estimate of drug-likeness (QED) is 0.842. The number of carboxylic acid groups (broad SMARTS) is 1. The fourth-order valence-corrected chi connectivity index (χ4v) is 3.41. The van der Waals surface area contributed by atoms with Gasteiger partial charge < -0.3 is 10.1 Å². The van der Waals surface area contributed by atoms with Crippen molar-refractivity contribution in [3.63, 3.8) is 0 Å². The van der Waals surface area contributed by atoms with Crippen molar-refractivity contribution in [1.82, 2.24) is 19.8 Å². The molecule has 6 nitrogen and oxygen atoms in total. The summed E-state index contributed by atoms with van der Waals surface area (Å²) in [6.45, 7) is 8.06. The van der Waals surface area contributed by atoms with Gasteiger partial charge in [0.2, 0.25) is 0 Å². The maximum Gasteiger partial charge on any atom is 0.325 e. The highest BCUT2D eigenvalue weighted by Crippen LogP contribution is 2.23. The van der Waals surface area contributed by atoms with Crippen LogP contribution in [0, 0.1) is 6.92 Å². The zero-order valence-corrected chi connectivity index (χ0v) is 14.9. The lowest BCUT2D eigenvalue weighted by molar-refractivity contribution is -0.144. The number of benzene rings is 1. The minimum Gasteiger partial charge on any atom is -0.480 e. The molecule has 134 valence electrons. The van der Waals surface area contributed by atoms with E-state index >= 15 is 0 Å². The number of H-pyrrole nitrogens is 1. The third-order valence-electron chi connectivity index (χ3n) is 4.80. The van der Waals surface area contributed by atoms with Gasteiger partial charge in [-0.1, -0.05) is 36.8 Å². The molecule has 1 aromatic carbocycles. The highest BCUT2D eigenvalue weighted by atomic mass is 16.4. The Morgan fingerprint density at radius 3 is 2.68 bits per heavy atom. The first kappa shape index (κ1) is 17.6. The second kappa shape index (κ2) is 7.80. The van der Waals surface area contributed by atoms with E-state index in [0.29, 0.717) is 0 Å². The topological polar surface area (TPSA) is 72.5 Å². The molecular formula is C19H26N4O2. The van der Waals surface area contributed by atoms with Crippen molar-refractivity contribution in [3.8, 4) is 0 Å². The predicted molar refractivity (Wildman–Crippen MR) is 96.4 cm³/mol. The Kier molecular flexibility index (Phi) is 5.50. The van der Waals surface area contributed by atoms with Crippen LogP contribution < -0.4 is 0 Å². The SMILES string of the molecule is CCc1cnc(CN2CCN(C(C(=O)O)c3cccc(C)c3)CC2)[nH]1. The number of aromatic amines is 1. The molecule has 6 heteroatoms. The van der Waals surface area contributed by atoms with Gasteiger partial charge in [0.1, 0.15) is 11.9 Å². The molecule has 1 unspecified atom stereocenters. The summed E-state index contributed by atoms with van der Waals surface area (Å²) in [5.41, 5.74) is 3.10. The van der Waals surface area contributed by atoms with Crippen molar-refractivity contribution in [1.29, 1.82) is 0 Å². The second-order valence-corrected chi connectivity index (χ2v) is 6.68. The molecule has 1 fully saturated rings. The number of rotatable bonds is 6. The highest BCUT2D eigenvalue weighted by Gasteiger charge is 2.30. The third-order valence-corrected chi connectivity index (χ3v) is 4.80. The van der Waals surface area contributed by atoms with Gasteiger partial charge in [-0.05, 0) is 18.9 Å². The number of nitrogens with one attached hydrogen (secondary N) is 1. The number of hydrogen-bond acceptors (Lipinski definition) is 4. The molecule has 1 aromatic heterocycles. The molecule has 0 saturated carbocycles. The Hall–Kier alpha value is -2.18. The lowest BCUT2D eigenvalue weighted by Crippen LogP contribution is -2.48. The second-order valence-electron chi connectivity index (χ2n) is 6.68. The average Bonchev–Trinajstić information content (AvgIpc) is 3.04. The number of carbonyl (C=O) groups is 1. The summed E-state index contributed by atoms with van der Waals surface area (Å²) in [5.74, 6) is 0.205. The van der Waals surface area contributed by atoms with Gasteiger partial charge in [0.05, 0.1) is 6.54 Å². The van der Waals surface area contributed by atoms with E-state index in [2.05, 4.69) is 26.7 Å². The smallest absolute Gasteiger partial charge is 0.325 e. The van der Waals surface area contributed by atoms with E-state index in [1.165, 1.54) is 0 Å². The van der Waals surface area contributed by atoms with E-state index in [9.17, 15) is 9.90 Å². The van der Waals surface area contributed by atoms with Crippen molar-refractivity contribution in [2.45, 2.75) is 32.9 Å². The summed E-state index contributed by atoms with van der Waals surface area (Å²) < 4.78 is 0. The lowest BCUT2D eigenvalue weighted by Gasteiger charge is -2.37. The van der Waals surface area contributed by atoms with Crippen LogP contribution in [-0.4, -0.2) is 57.0 Å². The van der Waals surface area contributed by atoms with E-state index in [1.54, 1.807) is 0 Å². The Morgan fingerprint density at radius 1 is 1.32 bits per heavy atom. The molecule has 1 aliphatic heterocycles. The number of piperazine rings is 1. The molecule has 1 atom stereocenters. The van der Waals surface area contributed by atoms with Crippen LogP contribution in [0.1, 0.15) is 35.6 Å². The molecule has 3 rings (SSSR count). The van der Waals surface area contributed by atoms with Gasteiger partial charge in [-0.2, -0.15) is 0 Å². The van der Waals surface area contributed by atoms with Crippen molar-refractivity contribution < 1.29 is 9.90 Å². The van der Waals surface area contributed by atoms with Crippen LogP contribution in [0.25, 0.3) is 0 Å². The summed E-state index contributed by atoms with van der Waals surface area (Å²) in [4.78, 5) is 24.0. The van der Waals surface area contributed by atoms with Crippen molar-refractivity contribution in [3.05, 3.63) is 53.1 Å². The maximum absolute atomic E-state index is 11.8. The fourth-order valence-electron chi connectivity index (χ4n) is 3.41. The van der Waals surface area contributed by atoms with Gasteiger partial charge in [0.25, 0.3) is 0 Å². The molecule has 25 heavy (non-hydrogen) atoms. The minimum atomic E-state index is -0.780. The number of hydrogen-bond donors (Lipinski definition) is 2. The Labute approximate surface area is 148 Å². The van der Waals surface area contributed by atoms with Crippen molar-refractivity contribution in [2.24, 2.45) is 0 Å². The van der Waals surface area contributed by atoms with Crippen molar-refractivity contribution >= 4 is 5.97 Å². The van der Waals surface area contributed by atoms with Gasteiger partial charge >= 0.3 is 5.97 Å². The van der Waals surface area contributed by atoms with E-state index in [4.69, 9.17) is 0 Å². The number of imidazole rings is 1. The van der Waals surface area contributed by atoms with Crippen molar-refractivity contribution in [2.75, 3.05) is 26.2 Å². The van der Waals surface area contributed by atoms with Crippen LogP contribution >= 0.6 is 0 Å². The van der Waals surface area contributed by atoms with Gasteiger partial charge in [0.15, 0.2) is 0 Å². The molecular weight excluding hydrogens is 316 g/mol. The maximum atomic E-state index is 11.8. The zero-order valence-electron chi connectivity index (χ0n) is 14.9. The molecule has 1 saturated heterocycles. The van der Waals surface area contributed by atoms with Crippen LogP contribution in [0.15, 0.2) is 30.5 Å². The summed E-state index contributed by atoms with van der Waals surface area (Å²) in [5, 5.41) is 9.73. The molecule has 1 aliphatic rings. The molecule has 0 amide bonds. The van der Waals surface area contributed by atoms with Gasteiger partial charge in [0, 0.05) is 38.1 Å². The molecule has 0 radical (unpaired) electrons. The summed E-state index contributed by atoms with van der Waals surface area (Å²) in [6.07, 6.45) is 2.85. The summed E-state index contributed by atoms with van der Waals surface area (Å²) >= 11 is 0. The normalized spacial score (nSPS) is 17.5. The molecule has 0 spiro atoms. The standard InChI is InChI=1S/C19H26N4O2/c1-3-16-12-20-17(21-16)13-22-7-9-23(10-8-22)18(19(24)25)15-6-4-5-14(2)11-15/h4-6,11-12,18H,3,7-10,13H2,1-2H3,(H,20,21)(H,24,25). The van der Waals surface area contributed by atoms with E-state index < -0.39 is 12.0 Å². The Morgan fingerprint density at radius 2 is 2.08 bits per heavy atom. The Bertz CT molecular complexity index is 720. The molecule has 2 heterocycles. The number of carboxylic acids is 1. The molecule has 2 aromatic rings. The largest absolute Gasteiger partial charge is 0.480 e. The monoisotopic (exact) mass is 342 g/mol. The third kappa shape index (κ3) is 4.27. The lowest BCUT2D eigenvalue weighted by atomic mass is 10.0. The summed E-state index contributed by atoms with van der Waals surface area (Å²) in [6, 6.07) is 7.23. The fraction of sp³-hybridized carbons (Fsp3) is 0.474. The number of aryl methyl sites for hydroxylation is 2. The number of aliphatic carboxylic acids is 1. The van der Waals surface area contributed by atoms with Crippen LogP contribution in [0.5, 0.6) is 0 Å². The van der Waals surface area contributed by atoms with E-state index in [0.717, 1.165) is 61.8 Å². The van der Waals surface area contributed by atoms with Gasteiger partial charge in [-0.25, -0.2) is 4.98 Å².